The minimum atomic E-state index is -0.782. The predicted molar refractivity (Wildman–Crippen MR) is 66.8 cm³/mol. The highest BCUT2D eigenvalue weighted by molar-refractivity contribution is 9.11. The van der Waals surface area contributed by atoms with Crippen molar-refractivity contribution in [1.82, 2.24) is 0 Å². The summed E-state index contributed by atoms with van der Waals surface area (Å²) in [6.07, 6.45) is 0. The van der Waals surface area contributed by atoms with Gasteiger partial charge in [-0.1, -0.05) is 11.6 Å². The van der Waals surface area contributed by atoms with E-state index < -0.39 is 17.4 Å². The van der Waals surface area contributed by atoms with E-state index >= 15 is 0 Å². The third kappa shape index (κ3) is 2.73. The van der Waals surface area contributed by atoms with E-state index in [-0.39, 0.29) is 5.56 Å². The van der Waals surface area contributed by atoms with E-state index in [1.54, 1.807) is 0 Å². The number of hydrogen-bond donors (Lipinski definition) is 0. The van der Waals surface area contributed by atoms with Gasteiger partial charge in [0.05, 0.1) is 13.7 Å². The monoisotopic (exact) mass is 336 g/mol. The van der Waals surface area contributed by atoms with Gasteiger partial charge >= 0.3 is 0 Å². The van der Waals surface area contributed by atoms with Crippen LogP contribution >= 0.6 is 38.9 Å². The highest BCUT2D eigenvalue weighted by Gasteiger charge is 2.15. The van der Waals surface area contributed by atoms with Crippen molar-refractivity contribution in [3.05, 3.63) is 55.1 Å². The maximum absolute atomic E-state index is 13.0. The van der Waals surface area contributed by atoms with Gasteiger partial charge in [-0.25, -0.2) is 8.78 Å². The number of carbonyl (C=O) groups excluding carboxylic acids is 1. The topological polar surface area (TPSA) is 17.1 Å². The second kappa shape index (κ2) is 4.84. The highest BCUT2D eigenvalue weighted by Crippen LogP contribution is 2.33. The van der Waals surface area contributed by atoms with Crippen LogP contribution < -0.4 is 0 Å². The molecule has 0 atom stereocenters. The summed E-state index contributed by atoms with van der Waals surface area (Å²) in [6.45, 7) is 0. The summed E-state index contributed by atoms with van der Waals surface area (Å²) in [5.41, 5.74) is -0.0343. The minimum absolute atomic E-state index is 0.0343. The first kappa shape index (κ1) is 12.7. The van der Waals surface area contributed by atoms with Gasteiger partial charge in [-0.05, 0) is 34.1 Å². The van der Waals surface area contributed by atoms with Gasteiger partial charge in [0, 0.05) is 11.6 Å². The zero-order valence-electron chi connectivity index (χ0n) is 8.14. The van der Waals surface area contributed by atoms with Crippen LogP contribution in [0.15, 0.2) is 28.1 Å². The molecule has 0 aliphatic heterocycles. The third-order valence-corrected chi connectivity index (χ3v) is 4.47. The average molecular weight is 338 g/mol. The van der Waals surface area contributed by atoms with Gasteiger partial charge in [-0.15, -0.1) is 11.3 Å². The number of ketones is 1. The highest BCUT2D eigenvalue weighted by atomic mass is 79.9. The zero-order chi connectivity index (χ0) is 12.6. The maximum atomic E-state index is 13.0. The van der Waals surface area contributed by atoms with Crippen molar-refractivity contribution >= 4 is 44.7 Å². The Bertz CT molecular complexity index is 557. The Hall–Kier alpha value is -0.780. The normalized spacial score (nSPS) is 10.6. The van der Waals surface area contributed by atoms with Crippen molar-refractivity contribution in [2.24, 2.45) is 0 Å². The van der Waals surface area contributed by atoms with Gasteiger partial charge in [-0.2, -0.15) is 0 Å². The summed E-state index contributed by atoms with van der Waals surface area (Å²) in [5, 5.41) is 0.398. The number of benzene rings is 1. The molecule has 2 rings (SSSR count). The van der Waals surface area contributed by atoms with E-state index in [9.17, 15) is 13.6 Å². The van der Waals surface area contributed by atoms with E-state index in [1.165, 1.54) is 6.07 Å². The van der Waals surface area contributed by atoms with Crippen molar-refractivity contribution in [2.45, 2.75) is 0 Å². The lowest BCUT2D eigenvalue weighted by Gasteiger charge is -1.98. The molecule has 0 saturated carbocycles. The summed E-state index contributed by atoms with van der Waals surface area (Å²) in [5.74, 6) is -2.02. The van der Waals surface area contributed by atoms with Crippen LogP contribution in [0.1, 0.15) is 15.2 Å². The van der Waals surface area contributed by atoms with Gasteiger partial charge in [0.15, 0.2) is 0 Å². The fourth-order valence-electron chi connectivity index (χ4n) is 1.29. The lowest BCUT2D eigenvalue weighted by molar-refractivity contribution is 0.104. The smallest absolute Gasteiger partial charge is 0.203 e. The molecule has 1 heterocycles. The first-order valence-corrected chi connectivity index (χ1v) is 6.42. The number of thiophene rings is 1. The average Bonchev–Trinajstić information content (AvgIpc) is 2.57. The molecular weight excluding hydrogens is 334 g/mol. The quantitative estimate of drug-likeness (QED) is 0.728. The molecule has 17 heavy (non-hydrogen) atoms. The van der Waals surface area contributed by atoms with Crippen molar-refractivity contribution < 1.29 is 13.6 Å². The molecule has 6 heteroatoms. The largest absolute Gasteiger partial charge is 0.288 e. The van der Waals surface area contributed by atoms with Crippen LogP contribution in [0.4, 0.5) is 8.78 Å². The van der Waals surface area contributed by atoms with E-state index in [4.69, 9.17) is 11.6 Å². The van der Waals surface area contributed by atoms with Crippen molar-refractivity contribution in [1.29, 1.82) is 0 Å². The number of rotatable bonds is 2. The molecule has 1 nitrogen and oxygen atoms in total. The summed E-state index contributed by atoms with van der Waals surface area (Å²) < 4.78 is 26.5. The first-order valence-electron chi connectivity index (χ1n) is 4.43. The molecule has 0 aliphatic rings. The lowest BCUT2D eigenvalue weighted by atomic mass is 10.1. The fourth-order valence-corrected chi connectivity index (χ4v) is 2.95. The molecule has 1 aromatic heterocycles. The van der Waals surface area contributed by atoms with Gasteiger partial charge in [0.1, 0.15) is 11.6 Å². The summed E-state index contributed by atoms with van der Waals surface area (Å²) in [6, 6.07) is 4.16. The molecule has 0 radical (unpaired) electrons. The van der Waals surface area contributed by atoms with E-state index in [2.05, 4.69) is 15.9 Å². The number of halogens is 4. The summed E-state index contributed by atoms with van der Waals surface area (Å²) >= 11 is 10.1. The molecule has 0 unspecified atom stereocenters. The van der Waals surface area contributed by atoms with Crippen LogP contribution in [0.3, 0.4) is 0 Å². The Morgan fingerprint density at radius 1 is 1.18 bits per heavy atom. The fraction of sp³-hybridized carbons (Fsp3) is 0. The number of carbonyl (C=O) groups is 1. The van der Waals surface area contributed by atoms with E-state index in [1.807, 2.05) is 0 Å². The Labute approximate surface area is 113 Å². The van der Waals surface area contributed by atoms with Crippen LogP contribution in [0, 0.1) is 11.6 Å². The van der Waals surface area contributed by atoms with Crippen molar-refractivity contribution in [2.75, 3.05) is 0 Å². The van der Waals surface area contributed by atoms with Gasteiger partial charge in [0.2, 0.25) is 5.78 Å². The van der Waals surface area contributed by atoms with Crippen LogP contribution in [-0.4, -0.2) is 5.78 Å². The molecule has 0 saturated heterocycles. The predicted octanol–water partition coefficient (Wildman–Crippen LogP) is 4.67. The molecule has 0 aliphatic carbocycles. The molecule has 0 amide bonds. The molecule has 88 valence electrons. The third-order valence-electron chi connectivity index (χ3n) is 1.99. The maximum Gasteiger partial charge on any atom is 0.203 e. The van der Waals surface area contributed by atoms with Crippen LogP contribution in [0.5, 0.6) is 0 Å². The van der Waals surface area contributed by atoms with Gasteiger partial charge < -0.3 is 0 Å². The molecule has 2 aromatic rings. The van der Waals surface area contributed by atoms with Gasteiger partial charge in [0.25, 0.3) is 0 Å². The summed E-state index contributed by atoms with van der Waals surface area (Å²) in [4.78, 5) is 12.2. The molecule has 1 aromatic carbocycles. The van der Waals surface area contributed by atoms with Crippen LogP contribution in [0.2, 0.25) is 5.02 Å². The lowest BCUT2D eigenvalue weighted by Crippen LogP contribution is -2.00. The standard InChI is InChI=1S/C11H4BrClF2OS/c12-11-8(13)4-9(17-11)10(16)5-1-6(14)3-7(15)2-5/h1-4H. The van der Waals surface area contributed by atoms with Crippen molar-refractivity contribution in [3.63, 3.8) is 0 Å². The minimum Gasteiger partial charge on any atom is -0.288 e. The Morgan fingerprint density at radius 3 is 2.24 bits per heavy atom. The Morgan fingerprint density at radius 2 is 1.76 bits per heavy atom. The van der Waals surface area contributed by atoms with Gasteiger partial charge in [-0.3, -0.25) is 4.79 Å². The molecule has 0 fully saturated rings. The van der Waals surface area contributed by atoms with Crippen molar-refractivity contribution in [3.8, 4) is 0 Å². The molecule has 0 N–H and O–H groups in total. The van der Waals surface area contributed by atoms with Crippen LogP contribution in [0.25, 0.3) is 0 Å². The SMILES string of the molecule is O=C(c1cc(F)cc(F)c1)c1cc(Cl)c(Br)s1. The zero-order valence-corrected chi connectivity index (χ0v) is 11.3. The van der Waals surface area contributed by atoms with E-state index in [0.717, 1.165) is 23.5 Å². The van der Waals surface area contributed by atoms with Crippen LogP contribution in [-0.2, 0) is 0 Å². The second-order valence-corrected chi connectivity index (χ2v) is 6.00. The summed E-state index contributed by atoms with van der Waals surface area (Å²) in [7, 11) is 0. The number of hydrogen-bond acceptors (Lipinski definition) is 2. The Balaban J connectivity index is 2.43. The molecule has 0 bridgehead atoms. The first-order chi connectivity index (χ1) is 7.97. The van der Waals surface area contributed by atoms with E-state index in [0.29, 0.717) is 19.8 Å². The second-order valence-electron chi connectivity index (χ2n) is 3.22. The molecular formula is C11H4BrClF2OS. The molecule has 0 spiro atoms. The Kier molecular flexibility index (Phi) is 3.61.